The lowest BCUT2D eigenvalue weighted by Crippen LogP contribution is -1.92. The molecular formula is C18H16N2O. The second kappa shape index (κ2) is 5.67. The van der Waals surface area contributed by atoms with Gasteiger partial charge in [-0.3, -0.25) is 0 Å². The highest BCUT2D eigenvalue weighted by molar-refractivity contribution is 5.76. The molecule has 0 aliphatic rings. The van der Waals surface area contributed by atoms with Crippen LogP contribution in [-0.2, 0) is 0 Å². The predicted molar refractivity (Wildman–Crippen MR) is 86.1 cm³/mol. The lowest BCUT2D eigenvalue weighted by Gasteiger charge is -2.07. The molecular weight excluding hydrogens is 260 g/mol. The largest absolute Gasteiger partial charge is 0.497 e. The van der Waals surface area contributed by atoms with Gasteiger partial charge in [-0.05, 0) is 41.0 Å². The van der Waals surface area contributed by atoms with Crippen LogP contribution in [0.4, 0.5) is 5.82 Å². The number of benzene rings is 2. The lowest BCUT2D eigenvalue weighted by atomic mass is 10.0. The highest BCUT2D eigenvalue weighted by atomic mass is 16.5. The van der Waals surface area contributed by atoms with E-state index in [2.05, 4.69) is 35.3 Å². The van der Waals surface area contributed by atoms with Crippen molar-refractivity contribution >= 4 is 5.82 Å². The Morgan fingerprint density at radius 2 is 1.62 bits per heavy atom. The Balaban J connectivity index is 1.96. The number of aromatic nitrogens is 1. The Hall–Kier alpha value is -2.81. The van der Waals surface area contributed by atoms with Gasteiger partial charge in [0, 0.05) is 11.8 Å². The number of nitrogens with zero attached hydrogens (tertiary/aromatic N) is 1. The zero-order valence-electron chi connectivity index (χ0n) is 11.8. The molecule has 3 aromatic rings. The highest BCUT2D eigenvalue weighted by Crippen LogP contribution is 2.28. The minimum absolute atomic E-state index is 0.548. The van der Waals surface area contributed by atoms with Crippen molar-refractivity contribution in [2.75, 3.05) is 12.8 Å². The molecule has 0 aliphatic heterocycles. The number of nitrogen functional groups attached to an aromatic ring is 1. The van der Waals surface area contributed by atoms with Gasteiger partial charge in [-0.25, -0.2) is 4.98 Å². The summed E-state index contributed by atoms with van der Waals surface area (Å²) in [7, 11) is 1.67. The average Bonchev–Trinajstić information content (AvgIpc) is 2.56. The zero-order valence-corrected chi connectivity index (χ0v) is 11.8. The van der Waals surface area contributed by atoms with Crippen LogP contribution in [0.1, 0.15) is 0 Å². The van der Waals surface area contributed by atoms with Gasteiger partial charge in [-0.15, -0.1) is 0 Å². The quantitative estimate of drug-likeness (QED) is 0.786. The molecule has 0 spiro atoms. The number of hydrogen-bond acceptors (Lipinski definition) is 3. The lowest BCUT2D eigenvalue weighted by molar-refractivity contribution is 0.415. The molecule has 0 atom stereocenters. The Kier molecular flexibility index (Phi) is 3.56. The van der Waals surface area contributed by atoms with Crippen molar-refractivity contribution in [3.05, 3.63) is 66.9 Å². The van der Waals surface area contributed by atoms with E-state index in [0.29, 0.717) is 5.82 Å². The molecule has 1 heterocycles. The second-order valence-corrected chi connectivity index (χ2v) is 4.75. The molecule has 3 rings (SSSR count). The number of nitrogens with two attached hydrogens (primary N) is 1. The average molecular weight is 276 g/mol. The first-order valence-corrected chi connectivity index (χ1v) is 6.73. The van der Waals surface area contributed by atoms with E-state index >= 15 is 0 Å². The summed E-state index contributed by atoms with van der Waals surface area (Å²) in [4.78, 5) is 4.12. The van der Waals surface area contributed by atoms with E-state index in [1.807, 2.05) is 30.3 Å². The molecule has 0 aliphatic carbocycles. The number of anilines is 1. The third-order valence-corrected chi connectivity index (χ3v) is 3.44. The summed E-state index contributed by atoms with van der Waals surface area (Å²) in [5, 5.41) is 0. The number of rotatable bonds is 3. The molecule has 0 fully saturated rings. The van der Waals surface area contributed by atoms with E-state index in [1.54, 1.807) is 13.3 Å². The molecule has 3 nitrogen and oxygen atoms in total. The fraction of sp³-hybridized carbons (Fsp3) is 0.0556. The van der Waals surface area contributed by atoms with Crippen LogP contribution in [0.3, 0.4) is 0 Å². The van der Waals surface area contributed by atoms with Crippen LogP contribution in [0.25, 0.3) is 22.3 Å². The van der Waals surface area contributed by atoms with Gasteiger partial charge in [0.15, 0.2) is 0 Å². The molecule has 2 N–H and O–H groups in total. The topological polar surface area (TPSA) is 48.1 Å². The van der Waals surface area contributed by atoms with Crippen molar-refractivity contribution in [2.45, 2.75) is 0 Å². The van der Waals surface area contributed by atoms with Gasteiger partial charge in [0.1, 0.15) is 11.6 Å². The van der Waals surface area contributed by atoms with Crippen molar-refractivity contribution in [2.24, 2.45) is 0 Å². The first-order valence-electron chi connectivity index (χ1n) is 6.73. The Labute approximate surface area is 124 Å². The van der Waals surface area contributed by atoms with Crippen molar-refractivity contribution in [3.63, 3.8) is 0 Å². The molecule has 0 radical (unpaired) electrons. The first kappa shape index (κ1) is 13.2. The minimum atomic E-state index is 0.548. The van der Waals surface area contributed by atoms with E-state index in [1.165, 1.54) is 0 Å². The Bertz CT molecular complexity index is 751. The molecule has 0 saturated carbocycles. The Morgan fingerprint density at radius 3 is 2.33 bits per heavy atom. The minimum Gasteiger partial charge on any atom is -0.497 e. The van der Waals surface area contributed by atoms with E-state index in [-0.39, 0.29) is 0 Å². The third-order valence-electron chi connectivity index (χ3n) is 3.44. The molecule has 0 unspecified atom stereocenters. The van der Waals surface area contributed by atoms with Crippen LogP contribution in [0, 0.1) is 0 Å². The summed E-state index contributed by atoms with van der Waals surface area (Å²) in [6.45, 7) is 0. The van der Waals surface area contributed by atoms with Crippen molar-refractivity contribution < 1.29 is 4.74 Å². The SMILES string of the molecule is COc1cccc(-c2ccc(-c3cccnc3N)cc2)c1. The van der Waals surface area contributed by atoms with E-state index in [9.17, 15) is 0 Å². The number of ether oxygens (including phenoxy) is 1. The predicted octanol–water partition coefficient (Wildman–Crippen LogP) is 4.01. The molecule has 104 valence electrons. The molecule has 0 amide bonds. The van der Waals surface area contributed by atoms with Crippen LogP contribution >= 0.6 is 0 Å². The van der Waals surface area contributed by atoms with Crippen LogP contribution < -0.4 is 10.5 Å². The monoisotopic (exact) mass is 276 g/mol. The fourth-order valence-corrected chi connectivity index (χ4v) is 2.31. The fourth-order valence-electron chi connectivity index (χ4n) is 2.31. The summed E-state index contributed by atoms with van der Waals surface area (Å²) in [5.74, 6) is 1.40. The van der Waals surface area contributed by atoms with Gasteiger partial charge < -0.3 is 10.5 Å². The number of hydrogen-bond donors (Lipinski definition) is 1. The maximum Gasteiger partial charge on any atom is 0.131 e. The maximum absolute atomic E-state index is 5.91. The Morgan fingerprint density at radius 1 is 0.857 bits per heavy atom. The van der Waals surface area contributed by atoms with Gasteiger partial charge in [0.2, 0.25) is 0 Å². The van der Waals surface area contributed by atoms with Gasteiger partial charge in [0.05, 0.1) is 7.11 Å². The molecule has 0 saturated heterocycles. The molecule has 21 heavy (non-hydrogen) atoms. The number of pyridine rings is 1. The first-order chi connectivity index (χ1) is 10.3. The van der Waals surface area contributed by atoms with Crippen LogP contribution in [-0.4, -0.2) is 12.1 Å². The summed E-state index contributed by atoms with van der Waals surface area (Å²) < 4.78 is 5.26. The normalized spacial score (nSPS) is 10.3. The third kappa shape index (κ3) is 2.72. The summed E-state index contributed by atoms with van der Waals surface area (Å²) in [6.07, 6.45) is 1.70. The molecule has 3 heteroatoms. The van der Waals surface area contributed by atoms with Gasteiger partial charge >= 0.3 is 0 Å². The summed E-state index contributed by atoms with van der Waals surface area (Å²) in [6, 6.07) is 20.2. The highest BCUT2D eigenvalue weighted by Gasteiger charge is 2.04. The smallest absolute Gasteiger partial charge is 0.131 e. The molecule has 2 aromatic carbocycles. The molecule has 1 aromatic heterocycles. The standard InChI is InChI=1S/C18H16N2O/c1-21-16-5-2-4-15(12-16)13-7-9-14(10-8-13)17-6-3-11-20-18(17)19/h2-12H,1H3,(H2,19,20). The van der Waals surface area contributed by atoms with Crippen LogP contribution in [0.2, 0.25) is 0 Å². The number of methoxy groups -OCH3 is 1. The zero-order chi connectivity index (χ0) is 14.7. The summed E-state index contributed by atoms with van der Waals surface area (Å²) >= 11 is 0. The van der Waals surface area contributed by atoms with Crippen molar-refractivity contribution in [3.8, 4) is 28.0 Å². The van der Waals surface area contributed by atoms with Crippen molar-refractivity contribution in [1.82, 2.24) is 4.98 Å². The second-order valence-electron chi connectivity index (χ2n) is 4.75. The van der Waals surface area contributed by atoms with E-state index in [4.69, 9.17) is 10.5 Å². The van der Waals surface area contributed by atoms with Crippen LogP contribution in [0.5, 0.6) is 5.75 Å². The van der Waals surface area contributed by atoms with Crippen molar-refractivity contribution in [1.29, 1.82) is 0 Å². The van der Waals surface area contributed by atoms with Gasteiger partial charge in [-0.1, -0.05) is 36.4 Å². The van der Waals surface area contributed by atoms with E-state index < -0.39 is 0 Å². The van der Waals surface area contributed by atoms with Gasteiger partial charge in [0.25, 0.3) is 0 Å². The maximum atomic E-state index is 5.91. The van der Waals surface area contributed by atoms with Gasteiger partial charge in [-0.2, -0.15) is 0 Å². The molecule has 0 bridgehead atoms. The summed E-state index contributed by atoms with van der Waals surface area (Å²) in [5.41, 5.74) is 10.2. The van der Waals surface area contributed by atoms with Crippen LogP contribution in [0.15, 0.2) is 66.9 Å². The van der Waals surface area contributed by atoms with E-state index in [0.717, 1.165) is 28.0 Å².